The molecule has 4 aromatic rings. The first kappa shape index (κ1) is 20.9. The number of hydrogen-bond donors (Lipinski definition) is 0. The first-order valence-electron chi connectivity index (χ1n) is 10.7. The van der Waals surface area contributed by atoms with E-state index in [1.54, 1.807) is 0 Å². The number of benzene rings is 4. The van der Waals surface area contributed by atoms with Gasteiger partial charge in [0.1, 0.15) is 32.8 Å². The van der Waals surface area contributed by atoms with Crippen LogP contribution < -0.4 is 19.8 Å². The van der Waals surface area contributed by atoms with Crippen molar-refractivity contribution in [1.82, 2.24) is 0 Å². The Kier molecular flexibility index (Phi) is 6.53. The van der Waals surface area contributed by atoms with Gasteiger partial charge < -0.3 is 9.47 Å². The molecule has 156 valence electrons. The largest absolute Gasteiger partial charge is 0.489 e. The van der Waals surface area contributed by atoms with Gasteiger partial charge in [0.05, 0.1) is 0 Å². The summed E-state index contributed by atoms with van der Waals surface area (Å²) in [7, 11) is -1.79. The van der Waals surface area contributed by atoms with Crippen molar-refractivity contribution in [3.8, 4) is 11.5 Å². The van der Waals surface area contributed by atoms with E-state index in [1.807, 2.05) is 36.4 Å². The van der Waals surface area contributed by atoms with E-state index in [2.05, 4.69) is 85.9 Å². The van der Waals surface area contributed by atoms with Crippen LogP contribution in [0, 0.1) is 0 Å². The van der Waals surface area contributed by atoms with Crippen molar-refractivity contribution in [3.63, 3.8) is 0 Å². The summed E-state index contributed by atoms with van der Waals surface area (Å²) in [5.41, 5.74) is 2.35. The lowest BCUT2D eigenvalue weighted by molar-refractivity contribution is 0.306. The molecule has 0 amide bonds. The van der Waals surface area contributed by atoms with E-state index in [1.165, 1.54) is 21.5 Å². The van der Waals surface area contributed by atoms with Crippen LogP contribution in [0.2, 0.25) is 13.1 Å². The van der Waals surface area contributed by atoms with Gasteiger partial charge in [-0.15, -0.1) is 0 Å². The van der Waals surface area contributed by atoms with Gasteiger partial charge in [0.25, 0.3) is 0 Å². The number of ether oxygens (including phenoxy) is 2. The van der Waals surface area contributed by atoms with Crippen LogP contribution in [0.4, 0.5) is 0 Å². The molecule has 31 heavy (non-hydrogen) atoms. The Morgan fingerprint density at radius 2 is 0.839 bits per heavy atom. The van der Waals surface area contributed by atoms with Gasteiger partial charge >= 0.3 is 0 Å². The SMILES string of the molecule is C[Si](C)(c1ccc(OCc2ccccc2)cc1)c1ccc(OCc2ccccc2)cc1. The zero-order valence-electron chi connectivity index (χ0n) is 18.1. The van der Waals surface area contributed by atoms with E-state index in [9.17, 15) is 0 Å². The standard InChI is InChI=1S/C28H28O2Si/c1-31(2,27-17-13-25(14-18-27)29-21-23-9-5-3-6-10-23)28-19-15-26(16-20-28)30-22-24-11-7-4-8-12-24/h3-20H,21-22H2,1-2H3. The fraction of sp³-hybridized carbons (Fsp3) is 0.143. The molecule has 0 aliphatic rings. The van der Waals surface area contributed by atoms with E-state index in [-0.39, 0.29) is 0 Å². The molecule has 4 aromatic carbocycles. The molecule has 4 rings (SSSR count). The Labute approximate surface area is 186 Å². The van der Waals surface area contributed by atoms with Gasteiger partial charge in [-0.2, -0.15) is 0 Å². The predicted molar refractivity (Wildman–Crippen MR) is 131 cm³/mol. The van der Waals surface area contributed by atoms with Crippen molar-refractivity contribution >= 4 is 18.4 Å². The molecular weight excluding hydrogens is 396 g/mol. The fourth-order valence-electron chi connectivity index (χ4n) is 3.58. The van der Waals surface area contributed by atoms with Crippen molar-refractivity contribution in [1.29, 1.82) is 0 Å². The van der Waals surface area contributed by atoms with Gasteiger partial charge in [0.2, 0.25) is 0 Å². The molecule has 0 aliphatic carbocycles. The minimum Gasteiger partial charge on any atom is -0.489 e. The molecule has 0 spiro atoms. The highest BCUT2D eigenvalue weighted by atomic mass is 28.3. The molecule has 0 unspecified atom stereocenters. The first-order valence-corrected chi connectivity index (χ1v) is 13.7. The second-order valence-corrected chi connectivity index (χ2v) is 12.6. The third-order valence-corrected chi connectivity index (χ3v) is 9.20. The van der Waals surface area contributed by atoms with Crippen LogP contribution in [0.5, 0.6) is 11.5 Å². The summed E-state index contributed by atoms with van der Waals surface area (Å²) < 4.78 is 11.9. The van der Waals surface area contributed by atoms with Crippen LogP contribution in [0.25, 0.3) is 0 Å². The van der Waals surface area contributed by atoms with Gasteiger partial charge in [-0.05, 0) is 35.4 Å². The summed E-state index contributed by atoms with van der Waals surface area (Å²) in [6, 6.07) is 37.7. The lowest BCUT2D eigenvalue weighted by Crippen LogP contribution is -2.52. The van der Waals surface area contributed by atoms with Crippen molar-refractivity contribution in [2.24, 2.45) is 0 Å². The van der Waals surface area contributed by atoms with Gasteiger partial charge in [-0.25, -0.2) is 0 Å². The second kappa shape index (κ2) is 9.67. The van der Waals surface area contributed by atoms with Gasteiger partial charge in [0.15, 0.2) is 0 Å². The molecule has 0 fully saturated rings. The smallest absolute Gasteiger partial charge is 0.119 e. The Morgan fingerprint density at radius 3 is 1.19 bits per heavy atom. The van der Waals surface area contributed by atoms with Crippen LogP contribution in [-0.4, -0.2) is 8.07 Å². The van der Waals surface area contributed by atoms with Gasteiger partial charge in [0, 0.05) is 0 Å². The lowest BCUT2D eigenvalue weighted by Gasteiger charge is -2.24. The molecule has 2 nitrogen and oxygen atoms in total. The highest BCUT2D eigenvalue weighted by Crippen LogP contribution is 2.16. The van der Waals surface area contributed by atoms with Crippen LogP contribution in [-0.2, 0) is 13.2 Å². The monoisotopic (exact) mass is 424 g/mol. The lowest BCUT2D eigenvalue weighted by atomic mass is 10.2. The van der Waals surface area contributed by atoms with Gasteiger partial charge in [-0.1, -0.05) is 108 Å². The molecule has 0 saturated carbocycles. The highest BCUT2D eigenvalue weighted by Gasteiger charge is 2.25. The molecule has 0 atom stereocenters. The predicted octanol–water partition coefficient (Wildman–Crippen LogP) is 5.67. The minimum atomic E-state index is -1.79. The normalized spacial score (nSPS) is 11.2. The van der Waals surface area contributed by atoms with E-state index in [4.69, 9.17) is 9.47 Å². The maximum absolute atomic E-state index is 5.94. The molecule has 0 N–H and O–H groups in total. The summed E-state index contributed by atoms with van der Waals surface area (Å²) in [6.07, 6.45) is 0. The maximum Gasteiger partial charge on any atom is 0.119 e. The average Bonchev–Trinajstić information content (AvgIpc) is 2.83. The molecular formula is C28H28O2Si. The molecule has 0 radical (unpaired) electrons. The van der Waals surface area contributed by atoms with Crippen LogP contribution in [0.3, 0.4) is 0 Å². The van der Waals surface area contributed by atoms with Crippen LogP contribution in [0.15, 0.2) is 109 Å². The van der Waals surface area contributed by atoms with Crippen LogP contribution >= 0.6 is 0 Å². The van der Waals surface area contributed by atoms with E-state index < -0.39 is 8.07 Å². The molecule has 0 bridgehead atoms. The fourth-order valence-corrected chi connectivity index (χ4v) is 5.92. The summed E-state index contributed by atoms with van der Waals surface area (Å²) in [5.74, 6) is 1.81. The zero-order valence-corrected chi connectivity index (χ0v) is 19.1. The van der Waals surface area contributed by atoms with Crippen molar-refractivity contribution < 1.29 is 9.47 Å². The van der Waals surface area contributed by atoms with Gasteiger partial charge in [-0.3, -0.25) is 0 Å². The Morgan fingerprint density at radius 1 is 0.484 bits per heavy atom. The summed E-state index contributed by atoms with van der Waals surface area (Å²) in [5, 5.41) is 2.77. The number of hydrogen-bond acceptors (Lipinski definition) is 2. The van der Waals surface area contributed by atoms with E-state index >= 15 is 0 Å². The average molecular weight is 425 g/mol. The Hall–Kier alpha value is -3.30. The Bertz CT molecular complexity index is 984. The summed E-state index contributed by atoms with van der Waals surface area (Å²) in [4.78, 5) is 0. The van der Waals surface area contributed by atoms with E-state index in [0.29, 0.717) is 13.2 Å². The molecule has 0 heterocycles. The second-order valence-electron chi connectivity index (χ2n) is 8.22. The maximum atomic E-state index is 5.94. The quantitative estimate of drug-likeness (QED) is 0.339. The minimum absolute atomic E-state index is 0.589. The molecule has 3 heteroatoms. The first-order chi connectivity index (χ1) is 15.1. The van der Waals surface area contributed by atoms with Crippen molar-refractivity contribution in [2.75, 3.05) is 0 Å². The molecule has 0 saturated heterocycles. The topological polar surface area (TPSA) is 18.5 Å². The molecule has 0 aromatic heterocycles. The Balaban J connectivity index is 1.39. The van der Waals surface area contributed by atoms with E-state index in [0.717, 1.165) is 11.5 Å². The zero-order chi connectivity index (χ0) is 21.5. The number of rotatable bonds is 8. The summed E-state index contributed by atoms with van der Waals surface area (Å²) >= 11 is 0. The van der Waals surface area contributed by atoms with Crippen LogP contribution in [0.1, 0.15) is 11.1 Å². The summed E-state index contributed by atoms with van der Waals surface area (Å²) in [6.45, 7) is 5.94. The van der Waals surface area contributed by atoms with Crippen molar-refractivity contribution in [3.05, 3.63) is 120 Å². The van der Waals surface area contributed by atoms with Crippen molar-refractivity contribution in [2.45, 2.75) is 26.3 Å². The highest BCUT2D eigenvalue weighted by molar-refractivity contribution is 7.00. The third kappa shape index (κ3) is 5.44. The third-order valence-electron chi connectivity index (χ3n) is 5.65. The molecule has 0 aliphatic heterocycles.